The van der Waals surface area contributed by atoms with E-state index in [1.165, 1.54) is 6.07 Å². The Bertz CT molecular complexity index is 1100. The number of rotatable bonds is 8. The molecule has 0 bridgehead atoms. The number of aliphatic carboxylic acids is 1. The van der Waals surface area contributed by atoms with Gasteiger partial charge < -0.3 is 10.2 Å². The molecular weight excluding hydrogens is 391 g/mol. The van der Waals surface area contributed by atoms with Crippen molar-refractivity contribution in [3.05, 3.63) is 94.3 Å². The summed E-state index contributed by atoms with van der Waals surface area (Å²) in [5.74, 6) is -1.96. The second kappa shape index (κ2) is 10.2. The van der Waals surface area contributed by atoms with E-state index in [0.29, 0.717) is 18.4 Å². The van der Waals surface area contributed by atoms with Crippen LogP contribution in [0.4, 0.5) is 4.39 Å². The number of carboxylic acids is 1. The monoisotopic (exact) mass is 418 g/mol. The minimum Gasteiger partial charge on any atom is -0.481 e. The molecule has 31 heavy (non-hydrogen) atoms. The van der Waals surface area contributed by atoms with Crippen molar-refractivity contribution in [3.63, 3.8) is 0 Å². The van der Waals surface area contributed by atoms with Gasteiger partial charge in [-0.25, -0.2) is 4.39 Å². The van der Waals surface area contributed by atoms with E-state index < -0.39 is 11.9 Å². The standard InChI is InChI=1S/C27H27FO3/c1-18-10-11-20(12-13-23(17-29)27(30)31)16-22(18)15-14-21-6-5-8-24(19(21)2)25-7-3-4-9-26(25)28/h3-11,14-16,23,29H,12-13,17H2,1-2H3,(H,30,31)/b15-14+. The van der Waals surface area contributed by atoms with Gasteiger partial charge in [0, 0.05) is 5.56 Å². The first-order chi connectivity index (χ1) is 14.9. The zero-order valence-electron chi connectivity index (χ0n) is 17.8. The summed E-state index contributed by atoms with van der Waals surface area (Å²) in [7, 11) is 0. The molecule has 0 saturated heterocycles. The number of hydrogen-bond donors (Lipinski definition) is 2. The summed E-state index contributed by atoms with van der Waals surface area (Å²) in [6.07, 6.45) is 5.04. The maximum absolute atomic E-state index is 14.3. The van der Waals surface area contributed by atoms with Crippen molar-refractivity contribution in [1.29, 1.82) is 0 Å². The Labute approximate surface area is 182 Å². The number of hydrogen-bond acceptors (Lipinski definition) is 2. The number of halogens is 1. The Morgan fingerprint density at radius 2 is 1.68 bits per heavy atom. The van der Waals surface area contributed by atoms with Gasteiger partial charge in [0.15, 0.2) is 0 Å². The van der Waals surface area contributed by atoms with Gasteiger partial charge in [0.25, 0.3) is 0 Å². The van der Waals surface area contributed by atoms with Crippen LogP contribution >= 0.6 is 0 Å². The average molecular weight is 419 g/mol. The zero-order chi connectivity index (χ0) is 22.4. The van der Waals surface area contributed by atoms with E-state index in [-0.39, 0.29) is 12.4 Å². The van der Waals surface area contributed by atoms with E-state index in [2.05, 4.69) is 6.07 Å². The first kappa shape index (κ1) is 22.4. The van der Waals surface area contributed by atoms with Crippen LogP contribution in [-0.4, -0.2) is 22.8 Å². The third-order valence-corrected chi connectivity index (χ3v) is 5.68. The van der Waals surface area contributed by atoms with Gasteiger partial charge in [-0.2, -0.15) is 0 Å². The Hall–Kier alpha value is -3.24. The average Bonchev–Trinajstić information content (AvgIpc) is 2.75. The number of aliphatic hydroxyl groups is 1. The van der Waals surface area contributed by atoms with Crippen LogP contribution in [0.1, 0.15) is 34.2 Å². The Balaban J connectivity index is 1.84. The molecule has 4 heteroatoms. The van der Waals surface area contributed by atoms with Crippen molar-refractivity contribution in [2.24, 2.45) is 5.92 Å². The second-order valence-corrected chi connectivity index (χ2v) is 7.78. The van der Waals surface area contributed by atoms with Gasteiger partial charge in [0.2, 0.25) is 0 Å². The SMILES string of the molecule is Cc1ccc(CCC(CO)C(=O)O)cc1/C=C/c1cccc(-c2ccccc2F)c1C. The third-order valence-electron chi connectivity index (χ3n) is 5.68. The van der Waals surface area contributed by atoms with Crippen LogP contribution in [0, 0.1) is 25.6 Å². The highest BCUT2D eigenvalue weighted by Crippen LogP contribution is 2.29. The van der Waals surface area contributed by atoms with Crippen molar-refractivity contribution >= 4 is 18.1 Å². The van der Waals surface area contributed by atoms with Gasteiger partial charge in [0.05, 0.1) is 12.5 Å². The van der Waals surface area contributed by atoms with E-state index in [1.54, 1.807) is 12.1 Å². The number of benzene rings is 3. The van der Waals surface area contributed by atoms with Gasteiger partial charge >= 0.3 is 5.97 Å². The summed E-state index contributed by atoms with van der Waals surface area (Å²) in [5, 5.41) is 18.3. The summed E-state index contributed by atoms with van der Waals surface area (Å²) < 4.78 is 14.3. The quantitative estimate of drug-likeness (QED) is 0.448. The molecule has 3 aromatic rings. The van der Waals surface area contributed by atoms with Crippen LogP contribution in [0.15, 0.2) is 60.7 Å². The van der Waals surface area contributed by atoms with Gasteiger partial charge in [-0.3, -0.25) is 4.79 Å². The van der Waals surface area contributed by atoms with Gasteiger partial charge in [-0.1, -0.05) is 66.7 Å². The number of carbonyl (C=O) groups is 1. The summed E-state index contributed by atoms with van der Waals surface area (Å²) in [4.78, 5) is 11.1. The van der Waals surface area contributed by atoms with Crippen molar-refractivity contribution in [1.82, 2.24) is 0 Å². The molecule has 1 atom stereocenters. The topological polar surface area (TPSA) is 57.5 Å². The maximum atomic E-state index is 14.3. The van der Waals surface area contributed by atoms with Crippen LogP contribution < -0.4 is 0 Å². The van der Waals surface area contributed by atoms with Crippen molar-refractivity contribution in [3.8, 4) is 11.1 Å². The molecule has 0 aliphatic carbocycles. The van der Waals surface area contributed by atoms with E-state index in [4.69, 9.17) is 5.11 Å². The molecule has 0 amide bonds. The fourth-order valence-corrected chi connectivity index (χ4v) is 3.64. The molecule has 0 saturated carbocycles. The first-order valence-electron chi connectivity index (χ1n) is 10.4. The lowest BCUT2D eigenvalue weighted by molar-refractivity contribution is -0.143. The molecule has 3 rings (SSSR count). The summed E-state index contributed by atoms with van der Waals surface area (Å²) >= 11 is 0. The van der Waals surface area contributed by atoms with E-state index >= 15 is 0 Å². The fraction of sp³-hybridized carbons (Fsp3) is 0.222. The van der Waals surface area contributed by atoms with Crippen LogP contribution in [0.2, 0.25) is 0 Å². The Morgan fingerprint density at radius 1 is 0.968 bits per heavy atom. The van der Waals surface area contributed by atoms with Gasteiger partial charge in [0.1, 0.15) is 5.82 Å². The molecule has 0 spiro atoms. The van der Waals surface area contributed by atoms with E-state index in [1.807, 2.05) is 62.4 Å². The normalized spacial score (nSPS) is 12.3. The van der Waals surface area contributed by atoms with E-state index in [0.717, 1.165) is 33.4 Å². The molecule has 3 aromatic carbocycles. The van der Waals surface area contributed by atoms with Crippen molar-refractivity contribution < 1.29 is 19.4 Å². The number of aryl methyl sites for hydroxylation is 2. The molecule has 1 unspecified atom stereocenters. The molecule has 2 N–H and O–H groups in total. The molecular formula is C27H27FO3. The lowest BCUT2D eigenvalue weighted by atomic mass is 9.94. The maximum Gasteiger partial charge on any atom is 0.308 e. The van der Waals surface area contributed by atoms with Crippen molar-refractivity contribution in [2.45, 2.75) is 26.7 Å². The molecule has 0 aliphatic rings. The second-order valence-electron chi connectivity index (χ2n) is 7.78. The molecule has 0 heterocycles. The van der Waals surface area contributed by atoms with Crippen LogP contribution in [0.25, 0.3) is 23.3 Å². The first-order valence-corrected chi connectivity index (χ1v) is 10.4. The number of carboxylic acid groups (broad SMARTS) is 1. The third kappa shape index (κ3) is 5.47. The van der Waals surface area contributed by atoms with Crippen LogP contribution in [0.5, 0.6) is 0 Å². The largest absolute Gasteiger partial charge is 0.481 e. The van der Waals surface area contributed by atoms with E-state index in [9.17, 15) is 14.3 Å². The molecule has 160 valence electrons. The van der Waals surface area contributed by atoms with Gasteiger partial charge in [-0.05, 0) is 66.1 Å². The molecule has 3 nitrogen and oxygen atoms in total. The van der Waals surface area contributed by atoms with Gasteiger partial charge in [-0.15, -0.1) is 0 Å². The highest BCUT2D eigenvalue weighted by atomic mass is 19.1. The summed E-state index contributed by atoms with van der Waals surface area (Å²) in [5.41, 5.74) is 6.66. The molecule has 0 fully saturated rings. The van der Waals surface area contributed by atoms with Crippen LogP contribution in [-0.2, 0) is 11.2 Å². The minimum atomic E-state index is -0.972. The highest BCUT2D eigenvalue weighted by molar-refractivity contribution is 5.78. The lowest BCUT2D eigenvalue weighted by Crippen LogP contribution is -2.18. The highest BCUT2D eigenvalue weighted by Gasteiger charge is 2.16. The zero-order valence-corrected chi connectivity index (χ0v) is 17.8. The summed E-state index contributed by atoms with van der Waals surface area (Å²) in [6, 6.07) is 18.7. The fourth-order valence-electron chi connectivity index (χ4n) is 3.64. The molecule has 0 aromatic heterocycles. The smallest absolute Gasteiger partial charge is 0.308 e. The Kier molecular flexibility index (Phi) is 7.37. The van der Waals surface area contributed by atoms with Crippen molar-refractivity contribution in [2.75, 3.05) is 6.61 Å². The number of aliphatic hydroxyl groups excluding tert-OH is 1. The van der Waals surface area contributed by atoms with Crippen LogP contribution in [0.3, 0.4) is 0 Å². The minimum absolute atomic E-state index is 0.238. The predicted molar refractivity (Wildman–Crippen MR) is 123 cm³/mol. The molecule has 0 radical (unpaired) electrons. The molecule has 0 aliphatic heterocycles. The Morgan fingerprint density at radius 3 is 2.39 bits per heavy atom. The summed E-state index contributed by atoms with van der Waals surface area (Å²) in [6.45, 7) is 3.66. The lowest BCUT2D eigenvalue weighted by Gasteiger charge is -2.11. The predicted octanol–water partition coefficient (Wildman–Crippen LogP) is 5.91.